The molecule has 1 amide bonds. The molecule has 0 aliphatic carbocycles. The number of benzene rings is 2. The summed E-state index contributed by atoms with van der Waals surface area (Å²) < 4.78 is 5.45. The average Bonchev–Trinajstić information content (AvgIpc) is 3.21. The van der Waals surface area contributed by atoms with E-state index in [4.69, 9.17) is 4.74 Å². The van der Waals surface area contributed by atoms with E-state index in [1.165, 1.54) is 6.33 Å². The Hall–Kier alpha value is -2.80. The van der Waals surface area contributed by atoms with Crippen molar-refractivity contribution in [1.82, 2.24) is 20.5 Å². The van der Waals surface area contributed by atoms with Crippen molar-refractivity contribution in [3.8, 4) is 5.75 Å². The SMILES string of the molecule is CCOc1ccc(C(C)NC(=O)c2ccc(CSc3ncn[nH]3)cc2)cc1. The number of H-pyrrole nitrogens is 1. The van der Waals surface area contributed by atoms with Gasteiger partial charge in [0.2, 0.25) is 0 Å². The lowest BCUT2D eigenvalue weighted by Gasteiger charge is -2.15. The number of aromatic amines is 1. The molecule has 1 aromatic heterocycles. The Morgan fingerprint density at radius 1 is 1.19 bits per heavy atom. The molecule has 0 radical (unpaired) electrons. The summed E-state index contributed by atoms with van der Waals surface area (Å²) in [6.45, 7) is 4.56. The van der Waals surface area contributed by atoms with Crippen LogP contribution in [0, 0.1) is 0 Å². The summed E-state index contributed by atoms with van der Waals surface area (Å²) >= 11 is 1.57. The molecule has 0 spiro atoms. The number of ether oxygens (including phenoxy) is 1. The highest BCUT2D eigenvalue weighted by Crippen LogP contribution is 2.20. The normalized spacial score (nSPS) is 11.8. The highest BCUT2D eigenvalue weighted by atomic mass is 32.2. The monoisotopic (exact) mass is 382 g/mol. The molecule has 3 rings (SSSR count). The summed E-state index contributed by atoms with van der Waals surface area (Å²) in [7, 11) is 0. The Labute approximate surface area is 162 Å². The Kier molecular flexibility index (Phi) is 6.49. The molecule has 27 heavy (non-hydrogen) atoms. The lowest BCUT2D eigenvalue weighted by molar-refractivity contribution is 0.0940. The van der Waals surface area contributed by atoms with Crippen molar-refractivity contribution in [3.05, 3.63) is 71.5 Å². The van der Waals surface area contributed by atoms with E-state index in [1.54, 1.807) is 11.8 Å². The van der Waals surface area contributed by atoms with Gasteiger partial charge in [-0.3, -0.25) is 9.89 Å². The summed E-state index contributed by atoms with van der Waals surface area (Å²) in [4.78, 5) is 16.6. The van der Waals surface area contributed by atoms with E-state index >= 15 is 0 Å². The van der Waals surface area contributed by atoms with Crippen LogP contribution in [0.3, 0.4) is 0 Å². The number of hydrogen-bond acceptors (Lipinski definition) is 5. The van der Waals surface area contributed by atoms with Gasteiger partial charge in [0.1, 0.15) is 12.1 Å². The highest BCUT2D eigenvalue weighted by Gasteiger charge is 2.12. The van der Waals surface area contributed by atoms with E-state index in [0.717, 1.165) is 27.8 Å². The summed E-state index contributed by atoms with van der Waals surface area (Å²) in [6, 6.07) is 15.3. The fourth-order valence-corrected chi connectivity index (χ4v) is 3.29. The molecule has 1 heterocycles. The first kappa shape index (κ1) is 19.0. The molecular weight excluding hydrogens is 360 g/mol. The zero-order valence-electron chi connectivity index (χ0n) is 15.3. The van der Waals surface area contributed by atoms with Crippen LogP contribution in [0.2, 0.25) is 0 Å². The predicted molar refractivity (Wildman–Crippen MR) is 106 cm³/mol. The van der Waals surface area contributed by atoms with Crippen molar-refractivity contribution < 1.29 is 9.53 Å². The number of rotatable bonds is 8. The molecular formula is C20H22N4O2S. The number of nitrogens with zero attached hydrogens (tertiary/aromatic N) is 2. The minimum absolute atomic E-state index is 0.0881. The van der Waals surface area contributed by atoms with Gasteiger partial charge in [-0.1, -0.05) is 36.0 Å². The summed E-state index contributed by atoms with van der Waals surface area (Å²) in [5, 5.41) is 10.4. The van der Waals surface area contributed by atoms with Crippen LogP contribution in [0.25, 0.3) is 0 Å². The van der Waals surface area contributed by atoms with Crippen LogP contribution in [-0.4, -0.2) is 27.7 Å². The zero-order valence-corrected chi connectivity index (χ0v) is 16.1. The van der Waals surface area contributed by atoms with Crippen molar-refractivity contribution in [2.75, 3.05) is 6.61 Å². The van der Waals surface area contributed by atoms with Crippen LogP contribution in [-0.2, 0) is 5.75 Å². The largest absolute Gasteiger partial charge is 0.494 e. The molecule has 1 unspecified atom stereocenters. The first-order chi connectivity index (χ1) is 13.2. The molecule has 0 saturated carbocycles. The van der Waals surface area contributed by atoms with Crippen LogP contribution >= 0.6 is 11.8 Å². The molecule has 2 N–H and O–H groups in total. The Morgan fingerprint density at radius 2 is 1.93 bits per heavy atom. The van der Waals surface area contributed by atoms with Crippen molar-refractivity contribution in [3.63, 3.8) is 0 Å². The second-order valence-corrected chi connectivity index (χ2v) is 6.94. The van der Waals surface area contributed by atoms with Gasteiger partial charge in [0.25, 0.3) is 5.91 Å². The number of carbonyl (C=O) groups excluding carboxylic acids is 1. The standard InChI is InChI=1S/C20H22N4O2S/c1-3-26-18-10-8-16(9-11-18)14(2)23-19(25)17-6-4-15(5-7-17)12-27-20-21-13-22-24-20/h4-11,13-14H,3,12H2,1-2H3,(H,23,25)(H,21,22,24). The van der Waals surface area contributed by atoms with E-state index < -0.39 is 0 Å². The van der Waals surface area contributed by atoms with Gasteiger partial charge in [-0.25, -0.2) is 4.98 Å². The second-order valence-electron chi connectivity index (χ2n) is 5.97. The van der Waals surface area contributed by atoms with Gasteiger partial charge in [0.15, 0.2) is 5.16 Å². The van der Waals surface area contributed by atoms with E-state index in [2.05, 4.69) is 20.5 Å². The Balaban J connectivity index is 1.55. The molecule has 0 aliphatic heterocycles. The van der Waals surface area contributed by atoms with Crippen molar-refractivity contribution in [2.45, 2.75) is 30.8 Å². The van der Waals surface area contributed by atoms with Gasteiger partial charge in [-0.2, -0.15) is 5.10 Å². The third-order valence-electron chi connectivity index (χ3n) is 4.02. The van der Waals surface area contributed by atoms with Crippen molar-refractivity contribution in [2.24, 2.45) is 0 Å². The molecule has 0 aliphatic rings. The van der Waals surface area contributed by atoms with Crippen LogP contribution in [0.1, 0.15) is 41.4 Å². The van der Waals surface area contributed by atoms with E-state index in [0.29, 0.717) is 12.2 Å². The Morgan fingerprint density at radius 3 is 2.56 bits per heavy atom. The minimum Gasteiger partial charge on any atom is -0.494 e. The van der Waals surface area contributed by atoms with Crippen LogP contribution < -0.4 is 10.1 Å². The van der Waals surface area contributed by atoms with Gasteiger partial charge in [0.05, 0.1) is 12.6 Å². The second kappa shape index (κ2) is 9.23. The van der Waals surface area contributed by atoms with Crippen LogP contribution in [0.5, 0.6) is 5.75 Å². The fourth-order valence-electron chi connectivity index (χ4n) is 2.55. The van der Waals surface area contributed by atoms with Crippen molar-refractivity contribution in [1.29, 1.82) is 0 Å². The lowest BCUT2D eigenvalue weighted by Crippen LogP contribution is -2.26. The van der Waals surface area contributed by atoms with Gasteiger partial charge in [-0.05, 0) is 49.2 Å². The molecule has 0 fully saturated rings. The lowest BCUT2D eigenvalue weighted by atomic mass is 10.1. The number of hydrogen-bond donors (Lipinski definition) is 2. The highest BCUT2D eigenvalue weighted by molar-refractivity contribution is 7.98. The smallest absolute Gasteiger partial charge is 0.251 e. The fraction of sp³-hybridized carbons (Fsp3) is 0.250. The third-order valence-corrected chi connectivity index (χ3v) is 4.97. The zero-order chi connectivity index (χ0) is 19.1. The average molecular weight is 382 g/mol. The minimum atomic E-state index is -0.0918. The summed E-state index contributed by atoms with van der Waals surface area (Å²) in [5.74, 6) is 1.50. The number of carbonyl (C=O) groups is 1. The topological polar surface area (TPSA) is 79.9 Å². The van der Waals surface area contributed by atoms with E-state index in [-0.39, 0.29) is 11.9 Å². The molecule has 140 valence electrons. The van der Waals surface area contributed by atoms with E-state index in [1.807, 2.05) is 62.4 Å². The predicted octanol–water partition coefficient (Wildman–Crippen LogP) is 3.99. The van der Waals surface area contributed by atoms with E-state index in [9.17, 15) is 4.79 Å². The van der Waals surface area contributed by atoms with Crippen LogP contribution in [0.4, 0.5) is 0 Å². The first-order valence-electron chi connectivity index (χ1n) is 8.76. The maximum atomic E-state index is 12.5. The number of aromatic nitrogens is 3. The Bertz CT molecular complexity index is 849. The summed E-state index contributed by atoms with van der Waals surface area (Å²) in [6.07, 6.45) is 1.49. The third kappa shape index (κ3) is 5.34. The van der Waals surface area contributed by atoms with Gasteiger partial charge >= 0.3 is 0 Å². The molecule has 0 saturated heterocycles. The molecule has 6 nitrogen and oxygen atoms in total. The van der Waals surface area contributed by atoms with Gasteiger partial charge in [-0.15, -0.1) is 0 Å². The molecule has 3 aromatic rings. The number of amides is 1. The number of nitrogens with one attached hydrogen (secondary N) is 2. The molecule has 2 aromatic carbocycles. The van der Waals surface area contributed by atoms with Crippen molar-refractivity contribution >= 4 is 17.7 Å². The quantitative estimate of drug-likeness (QED) is 0.576. The molecule has 7 heteroatoms. The first-order valence-corrected chi connectivity index (χ1v) is 9.75. The van der Waals surface area contributed by atoms with Crippen LogP contribution in [0.15, 0.2) is 60.0 Å². The molecule has 1 atom stereocenters. The van der Waals surface area contributed by atoms with Gasteiger partial charge < -0.3 is 10.1 Å². The van der Waals surface area contributed by atoms with Gasteiger partial charge in [0, 0.05) is 11.3 Å². The summed E-state index contributed by atoms with van der Waals surface area (Å²) in [5.41, 5.74) is 2.79. The maximum absolute atomic E-state index is 12.5. The molecule has 0 bridgehead atoms. The number of thioether (sulfide) groups is 1. The maximum Gasteiger partial charge on any atom is 0.251 e.